The van der Waals surface area contributed by atoms with Crippen molar-refractivity contribution in [3.05, 3.63) is 23.5 Å². The molecule has 0 amide bonds. The minimum absolute atomic E-state index is 0.135. The smallest absolute Gasteiger partial charge is 0.128 e. The molecule has 2 nitrogen and oxygen atoms in total. The Labute approximate surface area is 83.3 Å². The molecule has 1 fully saturated rings. The van der Waals surface area contributed by atoms with Gasteiger partial charge in [0.15, 0.2) is 0 Å². The van der Waals surface area contributed by atoms with Gasteiger partial charge >= 0.3 is 0 Å². The molecule has 1 aromatic rings. The Balaban J connectivity index is 2.29. The summed E-state index contributed by atoms with van der Waals surface area (Å²) < 4.78 is 13.3. The molecule has 0 atom stereocenters. The highest BCUT2D eigenvalue weighted by molar-refractivity contribution is 5.68. The Hall–Kier alpha value is -1.25. The van der Waals surface area contributed by atoms with Crippen LogP contribution in [0.5, 0.6) is 0 Å². The lowest BCUT2D eigenvalue weighted by atomic mass is 10.1. The number of rotatable bonds is 2. The van der Waals surface area contributed by atoms with E-state index >= 15 is 0 Å². The van der Waals surface area contributed by atoms with Crippen molar-refractivity contribution in [3.63, 3.8) is 0 Å². The summed E-state index contributed by atoms with van der Waals surface area (Å²) in [5, 5.41) is 3.26. The van der Waals surface area contributed by atoms with E-state index in [2.05, 4.69) is 12.2 Å². The fraction of sp³-hybridized carbons (Fsp3) is 0.455. The van der Waals surface area contributed by atoms with Crippen molar-refractivity contribution in [1.29, 1.82) is 0 Å². The fourth-order valence-electron chi connectivity index (χ4n) is 1.45. The maximum Gasteiger partial charge on any atom is 0.128 e. The van der Waals surface area contributed by atoms with Crippen LogP contribution in [0, 0.1) is 12.7 Å². The molecule has 76 valence electrons. The van der Waals surface area contributed by atoms with E-state index in [4.69, 9.17) is 5.73 Å². The van der Waals surface area contributed by atoms with Crippen LogP contribution in [-0.2, 0) is 0 Å². The van der Waals surface area contributed by atoms with Crippen molar-refractivity contribution in [1.82, 2.24) is 0 Å². The van der Waals surface area contributed by atoms with Gasteiger partial charge in [0, 0.05) is 5.54 Å². The van der Waals surface area contributed by atoms with E-state index < -0.39 is 0 Å². The third kappa shape index (κ3) is 1.67. The van der Waals surface area contributed by atoms with Crippen molar-refractivity contribution in [3.8, 4) is 0 Å². The van der Waals surface area contributed by atoms with Gasteiger partial charge in [0.1, 0.15) is 5.82 Å². The first-order valence-corrected chi connectivity index (χ1v) is 4.84. The minimum Gasteiger partial charge on any atom is -0.397 e. The highest BCUT2D eigenvalue weighted by Crippen LogP contribution is 2.39. The van der Waals surface area contributed by atoms with E-state index in [0.717, 1.165) is 12.8 Å². The van der Waals surface area contributed by atoms with Crippen molar-refractivity contribution in [2.24, 2.45) is 0 Å². The second-order valence-corrected chi connectivity index (χ2v) is 4.37. The number of nitrogens with two attached hydrogens (primary N) is 1. The highest BCUT2D eigenvalue weighted by atomic mass is 19.1. The van der Waals surface area contributed by atoms with E-state index in [1.165, 1.54) is 6.07 Å². The minimum atomic E-state index is -0.203. The maximum absolute atomic E-state index is 13.3. The van der Waals surface area contributed by atoms with Gasteiger partial charge in [0.2, 0.25) is 0 Å². The fourth-order valence-corrected chi connectivity index (χ4v) is 1.45. The summed E-state index contributed by atoms with van der Waals surface area (Å²) in [4.78, 5) is 0. The number of hydrogen-bond acceptors (Lipinski definition) is 2. The Kier molecular flexibility index (Phi) is 1.91. The normalized spacial score (nSPS) is 17.9. The van der Waals surface area contributed by atoms with Gasteiger partial charge in [0.05, 0.1) is 11.4 Å². The molecule has 14 heavy (non-hydrogen) atoms. The van der Waals surface area contributed by atoms with Crippen LogP contribution in [-0.4, -0.2) is 5.54 Å². The molecule has 0 aromatic heterocycles. The summed E-state index contributed by atoms with van der Waals surface area (Å²) in [6.45, 7) is 3.83. The van der Waals surface area contributed by atoms with Crippen LogP contribution in [0.3, 0.4) is 0 Å². The molecular weight excluding hydrogens is 179 g/mol. The van der Waals surface area contributed by atoms with Gasteiger partial charge in [-0.25, -0.2) is 4.39 Å². The zero-order chi connectivity index (χ0) is 10.3. The molecule has 3 N–H and O–H groups in total. The number of nitrogens with one attached hydrogen (secondary N) is 1. The van der Waals surface area contributed by atoms with Gasteiger partial charge in [-0.3, -0.25) is 0 Å². The van der Waals surface area contributed by atoms with Crippen LogP contribution in [0.1, 0.15) is 25.3 Å². The van der Waals surface area contributed by atoms with Gasteiger partial charge in [-0.1, -0.05) is 0 Å². The van der Waals surface area contributed by atoms with Crippen LogP contribution in [0.25, 0.3) is 0 Å². The zero-order valence-electron chi connectivity index (χ0n) is 8.52. The van der Waals surface area contributed by atoms with Gasteiger partial charge in [-0.15, -0.1) is 0 Å². The summed E-state index contributed by atoms with van der Waals surface area (Å²) in [5.74, 6) is -0.203. The Morgan fingerprint density at radius 1 is 1.43 bits per heavy atom. The molecule has 0 saturated heterocycles. The Morgan fingerprint density at radius 3 is 2.64 bits per heavy atom. The molecular formula is C11H15FN2. The molecule has 0 unspecified atom stereocenters. The number of anilines is 2. The van der Waals surface area contributed by atoms with E-state index in [1.54, 1.807) is 13.0 Å². The lowest BCUT2D eigenvalue weighted by molar-refractivity contribution is 0.618. The van der Waals surface area contributed by atoms with Gasteiger partial charge < -0.3 is 11.1 Å². The first-order chi connectivity index (χ1) is 6.50. The topological polar surface area (TPSA) is 38.0 Å². The van der Waals surface area contributed by atoms with E-state index in [1.807, 2.05) is 0 Å². The summed E-state index contributed by atoms with van der Waals surface area (Å²) in [6.07, 6.45) is 2.25. The first-order valence-electron chi connectivity index (χ1n) is 4.84. The molecule has 1 aliphatic carbocycles. The Bertz CT molecular complexity index is 370. The third-order valence-corrected chi connectivity index (χ3v) is 2.77. The SMILES string of the molecule is Cc1cc(N)c(NC2(C)CC2)cc1F. The molecule has 2 rings (SSSR count). The molecule has 1 aromatic carbocycles. The lowest BCUT2D eigenvalue weighted by Crippen LogP contribution is -2.17. The molecule has 3 heteroatoms. The molecule has 1 saturated carbocycles. The number of hydrogen-bond donors (Lipinski definition) is 2. The number of halogens is 1. The molecule has 1 aliphatic rings. The zero-order valence-corrected chi connectivity index (χ0v) is 8.52. The van der Waals surface area contributed by atoms with E-state index in [-0.39, 0.29) is 11.4 Å². The van der Waals surface area contributed by atoms with Crippen LogP contribution in [0.15, 0.2) is 12.1 Å². The monoisotopic (exact) mass is 194 g/mol. The lowest BCUT2D eigenvalue weighted by Gasteiger charge is -2.15. The van der Waals surface area contributed by atoms with Crippen molar-refractivity contribution < 1.29 is 4.39 Å². The predicted octanol–water partition coefficient (Wildman–Crippen LogP) is 2.68. The van der Waals surface area contributed by atoms with E-state index in [9.17, 15) is 4.39 Å². The summed E-state index contributed by atoms with van der Waals surface area (Å²) >= 11 is 0. The molecule has 0 radical (unpaired) electrons. The predicted molar refractivity (Wildman–Crippen MR) is 56.8 cm³/mol. The molecule has 0 spiro atoms. The second-order valence-electron chi connectivity index (χ2n) is 4.37. The Morgan fingerprint density at radius 2 is 2.07 bits per heavy atom. The maximum atomic E-state index is 13.3. The average Bonchev–Trinajstić information content (AvgIpc) is 2.80. The van der Waals surface area contributed by atoms with Crippen LogP contribution < -0.4 is 11.1 Å². The van der Waals surface area contributed by atoms with Gasteiger partial charge in [-0.05, 0) is 44.4 Å². The quantitative estimate of drug-likeness (QED) is 0.710. The third-order valence-electron chi connectivity index (χ3n) is 2.77. The van der Waals surface area contributed by atoms with Gasteiger partial charge in [-0.2, -0.15) is 0 Å². The number of benzene rings is 1. The van der Waals surface area contributed by atoms with Crippen molar-refractivity contribution in [2.45, 2.75) is 32.2 Å². The molecule has 0 aliphatic heterocycles. The van der Waals surface area contributed by atoms with Crippen LogP contribution in [0.4, 0.5) is 15.8 Å². The van der Waals surface area contributed by atoms with Gasteiger partial charge in [0.25, 0.3) is 0 Å². The molecule has 0 heterocycles. The average molecular weight is 194 g/mol. The molecule has 0 bridgehead atoms. The van der Waals surface area contributed by atoms with Crippen molar-refractivity contribution in [2.75, 3.05) is 11.1 Å². The highest BCUT2D eigenvalue weighted by Gasteiger charge is 2.37. The van der Waals surface area contributed by atoms with Crippen LogP contribution >= 0.6 is 0 Å². The second kappa shape index (κ2) is 2.87. The number of nitrogen functional groups attached to an aromatic ring is 1. The standard InChI is InChI=1S/C11H15FN2/c1-7-5-9(13)10(6-8(7)12)14-11(2)3-4-11/h5-6,14H,3-4,13H2,1-2H3. The van der Waals surface area contributed by atoms with Crippen LogP contribution in [0.2, 0.25) is 0 Å². The van der Waals surface area contributed by atoms with Crippen molar-refractivity contribution >= 4 is 11.4 Å². The largest absolute Gasteiger partial charge is 0.397 e. The number of aryl methyl sites for hydroxylation is 1. The van der Waals surface area contributed by atoms with E-state index in [0.29, 0.717) is 16.9 Å². The summed E-state index contributed by atoms with van der Waals surface area (Å²) in [6, 6.07) is 3.15. The summed E-state index contributed by atoms with van der Waals surface area (Å²) in [5.41, 5.74) is 7.86. The first kappa shape index (κ1) is 9.31. The summed E-state index contributed by atoms with van der Waals surface area (Å²) in [7, 11) is 0.